The first-order valence-corrected chi connectivity index (χ1v) is 15.2. The van der Waals surface area contributed by atoms with Crippen molar-refractivity contribution in [1.29, 1.82) is 0 Å². The molecule has 1 aliphatic heterocycles. The Bertz CT molecular complexity index is 1690. The molecule has 1 aliphatic rings. The van der Waals surface area contributed by atoms with Crippen LogP contribution in [0.25, 0.3) is 11.1 Å². The number of methoxy groups -OCH3 is 1. The van der Waals surface area contributed by atoms with Gasteiger partial charge in [0.25, 0.3) is 0 Å². The second kappa shape index (κ2) is 14.7. The zero-order valence-corrected chi connectivity index (χ0v) is 27.1. The standard InChI is InChI=1S/C34H32F9NO6/c1-5-48-29(45)7-6-10-49-27-16-26(28(47-4)11-18(27)2)25-9-8-22(32(35,36)37)14-21(25)17-44-19(3)30(50-31(44)46)20-12-23(33(38,39)40)15-24(13-20)34(41,42)43/h8-9,11-16,19,30H,5-7,10,17H2,1-4H3/t19-,30-/m0/s1. The minimum Gasteiger partial charge on any atom is -0.496 e. The predicted molar refractivity (Wildman–Crippen MR) is 160 cm³/mol. The molecule has 1 fully saturated rings. The minimum absolute atomic E-state index is 0.0645. The molecule has 16 heteroatoms. The summed E-state index contributed by atoms with van der Waals surface area (Å²) in [6.45, 7) is 4.39. The number of amides is 1. The van der Waals surface area contributed by atoms with Crippen LogP contribution in [0.4, 0.5) is 44.3 Å². The topological polar surface area (TPSA) is 74.3 Å². The molecule has 50 heavy (non-hydrogen) atoms. The maximum atomic E-state index is 13.9. The van der Waals surface area contributed by atoms with Crippen LogP contribution >= 0.6 is 0 Å². The molecule has 0 aromatic heterocycles. The first-order valence-electron chi connectivity index (χ1n) is 15.2. The minimum atomic E-state index is -5.16. The normalized spacial score (nSPS) is 16.7. The van der Waals surface area contributed by atoms with E-state index in [2.05, 4.69) is 0 Å². The second-order valence-electron chi connectivity index (χ2n) is 11.5. The molecule has 0 saturated carbocycles. The zero-order valence-electron chi connectivity index (χ0n) is 27.1. The summed E-state index contributed by atoms with van der Waals surface area (Å²) >= 11 is 0. The predicted octanol–water partition coefficient (Wildman–Crippen LogP) is 9.53. The van der Waals surface area contributed by atoms with E-state index in [4.69, 9.17) is 18.9 Å². The van der Waals surface area contributed by atoms with Crippen LogP contribution in [0.5, 0.6) is 11.5 Å². The van der Waals surface area contributed by atoms with Crippen molar-refractivity contribution in [2.75, 3.05) is 20.3 Å². The van der Waals surface area contributed by atoms with Gasteiger partial charge in [0.2, 0.25) is 0 Å². The number of halogens is 9. The second-order valence-corrected chi connectivity index (χ2v) is 11.5. The molecule has 1 heterocycles. The molecule has 2 atom stereocenters. The highest BCUT2D eigenvalue weighted by molar-refractivity contribution is 5.77. The monoisotopic (exact) mass is 721 g/mol. The molecule has 1 amide bonds. The Morgan fingerprint density at radius 1 is 0.840 bits per heavy atom. The number of carbonyl (C=O) groups excluding carboxylic acids is 2. The molecule has 7 nitrogen and oxygen atoms in total. The van der Waals surface area contributed by atoms with E-state index < -0.39 is 71.5 Å². The number of esters is 1. The lowest BCUT2D eigenvalue weighted by molar-refractivity contribution is -0.144. The lowest BCUT2D eigenvalue weighted by atomic mass is 9.94. The van der Waals surface area contributed by atoms with Gasteiger partial charge >= 0.3 is 30.6 Å². The Morgan fingerprint density at radius 2 is 1.46 bits per heavy atom. The lowest BCUT2D eigenvalue weighted by Crippen LogP contribution is -2.32. The molecular weight excluding hydrogens is 689 g/mol. The largest absolute Gasteiger partial charge is 0.496 e. The van der Waals surface area contributed by atoms with Crippen LogP contribution in [0.1, 0.15) is 66.2 Å². The summed E-state index contributed by atoms with van der Waals surface area (Å²) in [5.74, 6) is 0.124. The molecular formula is C34H32F9NO6. The van der Waals surface area contributed by atoms with Gasteiger partial charge in [0.15, 0.2) is 0 Å². The molecule has 0 radical (unpaired) electrons. The Labute approximate surface area is 280 Å². The van der Waals surface area contributed by atoms with Crippen molar-refractivity contribution in [3.05, 3.63) is 81.9 Å². The fraction of sp³-hybridized carbons (Fsp3) is 0.412. The van der Waals surface area contributed by atoms with Crippen LogP contribution in [0, 0.1) is 6.92 Å². The van der Waals surface area contributed by atoms with E-state index in [1.807, 2.05) is 0 Å². The molecule has 0 N–H and O–H groups in total. The van der Waals surface area contributed by atoms with Crippen LogP contribution < -0.4 is 9.47 Å². The Balaban J connectivity index is 1.73. The van der Waals surface area contributed by atoms with Crippen LogP contribution in [-0.4, -0.2) is 43.3 Å². The maximum absolute atomic E-state index is 13.9. The number of hydrogen-bond donors (Lipinski definition) is 0. The van der Waals surface area contributed by atoms with Gasteiger partial charge in [0.1, 0.15) is 17.6 Å². The van der Waals surface area contributed by atoms with Crippen molar-refractivity contribution >= 4 is 12.1 Å². The summed E-state index contributed by atoms with van der Waals surface area (Å²) in [6, 6.07) is 5.44. The molecule has 0 spiro atoms. The smallest absolute Gasteiger partial charge is 0.416 e. The number of rotatable bonds is 11. The molecule has 272 valence electrons. The van der Waals surface area contributed by atoms with Gasteiger partial charge in [-0.25, -0.2) is 4.79 Å². The van der Waals surface area contributed by atoms with Crippen molar-refractivity contribution in [3.63, 3.8) is 0 Å². The summed E-state index contributed by atoms with van der Waals surface area (Å²) in [5.41, 5.74) is -3.98. The fourth-order valence-corrected chi connectivity index (χ4v) is 5.48. The van der Waals surface area contributed by atoms with Crippen LogP contribution in [-0.2, 0) is 39.3 Å². The van der Waals surface area contributed by atoms with Gasteiger partial charge < -0.3 is 18.9 Å². The summed E-state index contributed by atoms with van der Waals surface area (Å²) in [4.78, 5) is 25.7. The third-order valence-corrected chi connectivity index (χ3v) is 7.98. The van der Waals surface area contributed by atoms with Gasteiger partial charge in [-0.1, -0.05) is 6.07 Å². The van der Waals surface area contributed by atoms with Gasteiger partial charge in [-0.3, -0.25) is 9.69 Å². The highest BCUT2D eigenvalue weighted by atomic mass is 19.4. The van der Waals surface area contributed by atoms with Crippen LogP contribution in [0.15, 0.2) is 48.5 Å². The van der Waals surface area contributed by atoms with E-state index in [0.29, 0.717) is 29.9 Å². The number of aryl methyl sites for hydroxylation is 1. The molecule has 1 saturated heterocycles. The van der Waals surface area contributed by atoms with Crippen molar-refractivity contribution in [2.24, 2.45) is 0 Å². The third kappa shape index (κ3) is 8.74. The Kier molecular flexibility index (Phi) is 11.2. The number of benzene rings is 3. The highest BCUT2D eigenvalue weighted by Crippen LogP contribution is 2.44. The Hall–Kier alpha value is -4.63. The number of alkyl halides is 9. The first kappa shape index (κ1) is 38.2. The van der Waals surface area contributed by atoms with Gasteiger partial charge in [0.05, 0.1) is 49.6 Å². The van der Waals surface area contributed by atoms with E-state index in [0.717, 1.165) is 23.1 Å². The summed E-state index contributed by atoms with van der Waals surface area (Å²) in [7, 11) is 1.33. The number of carbonyl (C=O) groups is 2. The van der Waals surface area contributed by atoms with E-state index in [1.54, 1.807) is 19.9 Å². The van der Waals surface area contributed by atoms with Gasteiger partial charge in [-0.05, 0) is 91.9 Å². The van der Waals surface area contributed by atoms with E-state index >= 15 is 0 Å². The van der Waals surface area contributed by atoms with Gasteiger partial charge in [-0.2, -0.15) is 39.5 Å². The summed E-state index contributed by atoms with van der Waals surface area (Å²) < 4.78 is 144. The highest BCUT2D eigenvalue weighted by Gasteiger charge is 2.44. The average molecular weight is 722 g/mol. The number of nitrogens with zero attached hydrogens (tertiary/aromatic N) is 1. The first-order chi connectivity index (χ1) is 23.2. The van der Waals surface area contributed by atoms with E-state index in [-0.39, 0.29) is 48.1 Å². The Morgan fingerprint density at radius 3 is 2.02 bits per heavy atom. The summed E-state index contributed by atoms with van der Waals surface area (Å²) in [6.07, 6.45) is -17.5. The molecule has 0 aliphatic carbocycles. The van der Waals surface area contributed by atoms with Crippen LogP contribution in [0.3, 0.4) is 0 Å². The number of cyclic esters (lactones) is 1. The van der Waals surface area contributed by atoms with Gasteiger partial charge in [0, 0.05) is 12.0 Å². The van der Waals surface area contributed by atoms with Crippen molar-refractivity contribution in [2.45, 2.75) is 70.8 Å². The van der Waals surface area contributed by atoms with E-state index in [1.165, 1.54) is 20.1 Å². The van der Waals surface area contributed by atoms with E-state index in [9.17, 15) is 49.1 Å². The van der Waals surface area contributed by atoms with Crippen molar-refractivity contribution < 1.29 is 68.1 Å². The van der Waals surface area contributed by atoms with Gasteiger partial charge in [-0.15, -0.1) is 0 Å². The fourth-order valence-electron chi connectivity index (χ4n) is 5.48. The molecule has 0 bridgehead atoms. The molecule has 3 aromatic rings. The molecule has 0 unspecified atom stereocenters. The summed E-state index contributed by atoms with van der Waals surface area (Å²) in [5, 5.41) is 0. The number of ether oxygens (including phenoxy) is 4. The average Bonchev–Trinajstić information content (AvgIpc) is 3.30. The molecule has 3 aromatic carbocycles. The quantitative estimate of drug-likeness (QED) is 0.112. The third-order valence-electron chi connectivity index (χ3n) is 7.98. The van der Waals surface area contributed by atoms with Crippen LogP contribution in [0.2, 0.25) is 0 Å². The van der Waals surface area contributed by atoms with Crippen molar-refractivity contribution in [3.8, 4) is 22.6 Å². The SMILES string of the molecule is CCOC(=O)CCCOc1cc(-c2ccc(C(F)(F)F)cc2CN2C(=O)O[C@H](c3cc(C(F)(F)F)cc(C(F)(F)F)c3)[C@@H]2C)c(OC)cc1C. The zero-order chi connectivity index (χ0) is 37.2. The van der Waals surface area contributed by atoms with Crippen molar-refractivity contribution in [1.82, 2.24) is 4.90 Å². The lowest BCUT2D eigenvalue weighted by Gasteiger charge is -2.24. The number of hydrogen-bond acceptors (Lipinski definition) is 6. The molecule has 4 rings (SSSR count). The maximum Gasteiger partial charge on any atom is 0.416 e.